The second-order valence-electron chi connectivity index (χ2n) is 10.9. The van der Waals surface area contributed by atoms with Crippen LogP contribution in [0.2, 0.25) is 0 Å². The molecule has 2 aliphatic carbocycles. The fourth-order valence-corrected chi connectivity index (χ4v) is 6.07. The van der Waals surface area contributed by atoms with Gasteiger partial charge in [0.25, 0.3) is 5.91 Å². The zero-order valence-electron chi connectivity index (χ0n) is 21.5. The maximum Gasteiger partial charge on any atom is 0.273 e. The number of halogens is 2. The minimum atomic E-state index is -0.808. The third-order valence-electron chi connectivity index (χ3n) is 8.42. The van der Waals surface area contributed by atoms with Crippen molar-refractivity contribution in [2.75, 3.05) is 13.1 Å². The number of piperidine rings is 1. The molecular weight excluding hydrogens is 504 g/mol. The van der Waals surface area contributed by atoms with Crippen LogP contribution in [0.5, 0.6) is 0 Å². The average molecular weight is 536 g/mol. The van der Waals surface area contributed by atoms with Crippen LogP contribution in [0.3, 0.4) is 0 Å². The first-order chi connectivity index (χ1) is 18.9. The number of benzene rings is 1. The fourth-order valence-electron chi connectivity index (χ4n) is 6.07. The molecule has 1 saturated heterocycles. The first-order valence-electron chi connectivity index (χ1n) is 13.6. The number of aromatic nitrogens is 2. The third-order valence-corrected chi connectivity index (χ3v) is 8.42. The van der Waals surface area contributed by atoms with E-state index >= 15 is 0 Å². The molecular formula is C29H31F2N5O3. The van der Waals surface area contributed by atoms with Gasteiger partial charge in [0.15, 0.2) is 11.5 Å². The molecule has 3 aliphatic rings. The molecule has 0 unspecified atom stereocenters. The lowest BCUT2D eigenvalue weighted by Crippen LogP contribution is -2.58. The Morgan fingerprint density at radius 1 is 1.03 bits per heavy atom. The molecule has 2 atom stereocenters. The van der Waals surface area contributed by atoms with Crippen LogP contribution in [0.25, 0.3) is 11.3 Å². The molecule has 0 bridgehead atoms. The quantitative estimate of drug-likeness (QED) is 0.471. The van der Waals surface area contributed by atoms with Gasteiger partial charge in [0.2, 0.25) is 5.91 Å². The van der Waals surface area contributed by atoms with Gasteiger partial charge in [-0.15, -0.1) is 0 Å². The molecule has 2 amide bonds. The van der Waals surface area contributed by atoms with Crippen LogP contribution < -0.4 is 10.6 Å². The lowest BCUT2D eigenvalue weighted by molar-refractivity contribution is -0.129. The van der Waals surface area contributed by atoms with Gasteiger partial charge in [-0.25, -0.2) is 8.78 Å². The zero-order chi connectivity index (χ0) is 27.0. The van der Waals surface area contributed by atoms with Crippen molar-refractivity contribution in [1.29, 1.82) is 0 Å². The van der Waals surface area contributed by atoms with E-state index in [1.165, 1.54) is 25.0 Å². The summed E-state index contributed by atoms with van der Waals surface area (Å²) in [7, 11) is 0. The Morgan fingerprint density at radius 3 is 2.51 bits per heavy atom. The van der Waals surface area contributed by atoms with Crippen molar-refractivity contribution in [3.8, 4) is 11.3 Å². The number of rotatable bonds is 7. The zero-order valence-corrected chi connectivity index (χ0v) is 21.5. The summed E-state index contributed by atoms with van der Waals surface area (Å²) in [6.45, 7) is 1.36. The molecule has 39 heavy (non-hydrogen) atoms. The van der Waals surface area contributed by atoms with Crippen LogP contribution >= 0.6 is 0 Å². The van der Waals surface area contributed by atoms with Crippen molar-refractivity contribution in [1.82, 2.24) is 25.7 Å². The molecule has 6 rings (SSSR count). The monoisotopic (exact) mass is 535 g/mol. The number of likely N-dealkylation sites (tertiary alicyclic amines) is 1. The third kappa shape index (κ3) is 5.30. The lowest BCUT2D eigenvalue weighted by Gasteiger charge is -2.41. The molecule has 3 heterocycles. The number of hydrogen-bond acceptors (Lipinski definition) is 6. The molecule has 2 N–H and O–H groups in total. The molecule has 2 saturated carbocycles. The van der Waals surface area contributed by atoms with Crippen molar-refractivity contribution < 1.29 is 22.9 Å². The molecule has 0 radical (unpaired) electrons. The fraction of sp³-hybridized carbons (Fsp3) is 0.448. The van der Waals surface area contributed by atoms with Crippen LogP contribution in [0.1, 0.15) is 61.0 Å². The average Bonchev–Trinajstić information content (AvgIpc) is 3.31. The number of carbonyl (C=O) groups is 2. The molecule has 3 fully saturated rings. The second kappa shape index (κ2) is 10.5. The maximum absolute atomic E-state index is 14.2. The van der Waals surface area contributed by atoms with Crippen molar-refractivity contribution >= 4 is 11.8 Å². The Hall–Kier alpha value is -3.66. The van der Waals surface area contributed by atoms with Crippen molar-refractivity contribution in [3.05, 3.63) is 71.7 Å². The highest BCUT2D eigenvalue weighted by Gasteiger charge is 2.48. The van der Waals surface area contributed by atoms with Crippen LogP contribution in [-0.2, 0) is 10.3 Å². The van der Waals surface area contributed by atoms with Gasteiger partial charge in [0.05, 0.1) is 17.0 Å². The smallest absolute Gasteiger partial charge is 0.273 e. The molecule has 2 aromatic heterocycles. The summed E-state index contributed by atoms with van der Waals surface area (Å²) in [5.74, 6) is -2.51. The van der Waals surface area contributed by atoms with E-state index in [1.807, 2.05) is 12.1 Å². The van der Waals surface area contributed by atoms with Crippen LogP contribution in [0, 0.1) is 17.6 Å². The Balaban J connectivity index is 1.19. The van der Waals surface area contributed by atoms with Gasteiger partial charge in [-0.2, -0.15) is 0 Å². The van der Waals surface area contributed by atoms with Crippen LogP contribution in [0.15, 0.2) is 53.3 Å². The normalized spacial score (nSPS) is 22.9. The SMILES string of the molecule is O=C(N[C@H]1CCN(C2CCCC2)C[C@@H]1C(=O)NC1(c2ccncc2)CC1)c1cc(-c2ccc(F)cc2F)on1. The first kappa shape index (κ1) is 25.6. The van der Waals surface area contributed by atoms with Gasteiger partial charge in [-0.3, -0.25) is 19.5 Å². The summed E-state index contributed by atoms with van der Waals surface area (Å²) in [4.78, 5) is 33.4. The number of amides is 2. The van der Waals surface area contributed by atoms with Gasteiger partial charge < -0.3 is 15.2 Å². The summed E-state index contributed by atoms with van der Waals surface area (Å²) in [5.41, 5.74) is 0.639. The van der Waals surface area contributed by atoms with Crippen molar-refractivity contribution in [2.24, 2.45) is 5.92 Å². The van der Waals surface area contributed by atoms with Gasteiger partial charge in [-0.1, -0.05) is 18.0 Å². The summed E-state index contributed by atoms with van der Waals surface area (Å²) in [6.07, 6.45) is 10.5. The molecule has 204 valence electrons. The minimum absolute atomic E-state index is 0.0101. The first-order valence-corrected chi connectivity index (χ1v) is 13.6. The topological polar surface area (TPSA) is 100 Å². The Bertz CT molecular complexity index is 1350. The van der Waals surface area contributed by atoms with E-state index in [0.717, 1.165) is 49.9 Å². The van der Waals surface area contributed by atoms with Gasteiger partial charge in [0, 0.05) is 49.7 Å². The van der Waals surface area contributed by atoms with E-state index in [1.54, 1.807) is 12.4 Å². The van der Waals surface area contributed by atoms with E-state index in [0.29, 0.717) is 19.0 Å². The Kier molecular flexibility index (Phi) is 6.88. The minimum Gasteiger partial charge on any atom is -0.355 e. The van der Waals surface area contributed by atoms with Gasteiger partial charge in [-0.05, 0) is 61.9 Å². The van der Waals surface area contributed by atoms with E-state index in [-0.39, 0.29) is 28.5 Å². The highest BCUT2D eigenvalue weighted by molar-refractivity contribution is 5.94. The summed E-state index contributed by atoms with van der Waals surface area (Å²) < 4.78 is 32.7. The van der Waals surface area contributed by atoms with E-state index in [9.17, 15) is 18.4 Å². The lowest BCUT2D eigenvalue weighted by atomic mass is 9.89. The maximum atomic E-state index is 14.2. The van der Waals surface area contributed by atoms with Crippen molar-refractivity contribution in [3.63, 3.8) is 0 Å². The predicted octanol–water partition coefficient (Wildman–Crippen LogP) is 4.18. The standard InChI is InChI=1S/C29H31F2N5O3/c30-19-5-6-21(23(31)15-19)26-16-25(35-39-26)28(38)33-24-9-14-36(20-3-1-2-4-20)17-22(24)27(37)34-29(10-11-29)18-7-12-32-13-8-18/h5-8,12-13,15-16,20,22,24H,1-4,9-11,14,17H2,(H,33,38)(H,34,37)/t22-,24-/m0/s1. The van der Waals surface area contributed by atoms with E-state index in [2.05, 4.69) is 25.7 Å². The highest BCUT2D eigenvalue weighted by atomic mass is 19.1. The van der Waals surface area contributed by atoms with E-state index < -0.39 is 29.5 Å². The molecule has 1 aromatic carbocycles. The molecule has 8 nitrogen and oxygen atoms in total. The predicted molar refractivity (Wildman–Crippen MR) is 138 cm³/mol. The Labute approximate surface area is 225 Å². The molecule has 10 heteroatoms. The summed E-state index contributed by atoms with van der Waals surface area (Å²) >= 11 is 0. The largest absolute Gasteiger partial charge is 0.355 e. The molecule has 0 spiro atoms. The molecule has 3 aromatic rings. The van der Waals surface area contributed by atoms with Gasteiger partial charge >= 0.3 is 0 Å². The van der Waals surface area contributed by atoms with Gasteiger partial charge in [0.1, 0.15) is 11.6 Å². The van der Waals surface area contributed by atoms with Crippen molar-refractivity contribution in [2.45, 2.75) is 62.6 Å². The molecule has 1 aliphatic heterocycles. The Morgan fingerprint density at radius 2 is 1.79 bits per heavy atom. The number of carbonyl (C=O) groups excluding carboxylic acids is 2. The summed E-state index contributed by atoms with van der Waals surface area (Å²) in [6, 6.07) is 8.37. The second-order valence-corrected chi connectivity index (χ2v) is 10.9. The van der Waals surface area contributed by atoms with E-state index in [4.69, 9.17) is 4.52 Å². The summed E-state index contributed by atoms with van der Waals surface area (Å²) in [5, 5.41) is 10.1. The van der Waals surface area contributed by atoms with Crippen LogP contribution in [0.4, 0.5) is 8.78 Å². The number of pyridine rings is 1. The van der Waals surface area contributed by atoms with Crippen LogP contribution in [-0.4, -0.2) is 52.0 Å². The number of nitrogens with one attached hydrogen (secondary N) is 2. The number of hydrogen-bond donors (Lipinski definition) is 2. The highest BCUT2D eigenvalue weighted by Crippen LogP contribution is 2.45. The number of nitrogens with zero attached hydrogens (tertiary/aromatic N) is 3.